The number of nitrogens with zero attached hydrogens (tertiary/aromatic N) is 2. The fraction of sp³-hybridized carbons (Fsp3) is 0.300. The highest BCUT2D eigenvalue weighted by molar-refractivity contribution is 9.08. The Morgan fingerprint density at radius 2 is 2.29 bits per heavy atom. The van der Waals surface area contributed by atoms with Crippen molar-refractivity contribution in [1.82, 2.24) is 4.98 Å². The summed E-state index contributed by atoms with van der Waals surface area (Å²) in [5.74, 6) is -1.14. The Kier molecular flexibility index (Phi) is 4.52. The largest absolute Gasteiger partial charge is 0.481 e. The minimum Gasteiger partial charge on any atom is -0.481 e. The van der Waals surface area contributed by atoms with Crippen molar-refractivity contribution in [2.45, 2.75) is 18.2 Å². The molecule has 0 radical (unpaired) electrons. The molecule has 0 atom stereocenters. The third-order valence-corrected chi connectivity index (χ3v) is 2.65. The van der Waals surface area contributed by atoms with Crippen molar-refractivity contribution in [3.8, 4) is 6.07 Å². The number of halogens is 3. The Morgan fingerprint density at radius 3 is 2.71 bits per heavy atom. The highest BCUT2D eigenvalue weighted by atomic mass is 79.9. The molecule has 17 heavy (non-hydrogen) atoms. The normalized spacial score (nSPS) is 10.3. The number of carbonyl (C=O) groups is 1. The zero-order valence-corrected chi connectivity index (χ0v) is 10.0. The van der Waals surface area contributed by atoms with E-state index in [1.165, 1.54) is 0 Å². The molecule has 0 bridgehead atoms. The van der Waals surface area contributed by atoms with Gasteiger partial charge < -0.3 is 5.11 Å². The van der Waals surface area contributed by atoms with Gasteiger partial charge in [-0.3, -0.25) is 9.78 Å². The summed E-state index contributed by atoms with van der Waals surface area (Å²) in [5.41, 5.74) is -0.359. The SMILES string of the molecule is N#Cc1c(CC(=O)O)cnc(C(F)F)c1CBr. The predicted molar refractivity (Wildman–Crippen MR) is 57.9 cm³/mol. The van der Waals surface area contributed by atoms with Crippen LogP contribution in [0.4, 0.5) is 8.78 Å². The van der Waals surface area contributed by atoms with E-state index in [0.717, 1.165) is 6.20 Å². The lowest BCUT2D eigenvalue weighted by Gasteiger charge is -2.10. The summed E-state index contributed by atoms with van der Waals surface area (Å²) in [5, 5.41) is 17.6. The minimum atomic E-state index is -2.80. The van der Waals surface area contributed by atoms with Crippen LogP contribution in [0.3, 0.4) is 0 Å². The number of pyridine rings is 1. The number of carboxylic acid groups (broad SMARTS) is 1. The first kappa shape index (κ1) is 13.5. The summed E-state index contributed by atoms with van der Waals surface area (Å²) < 4.78 is 25.2. The predicted octanol–water partition coefficient (Wildman–Crippen LogP) is 2.41. The molecule has 1 N–H and O–H groups in total. The molecule has 0 fully saturated rings. The van der Waals surface area contributed by atoms with Crippen LogP contribution in [0.5, 0.6) is 0 Å². The third kappa shape index (κ3) is 2.97. The zero-order chi connectivity index (χ0) is 13.0. The zero-order valence-electron chi connectivity index (χ0n) is 8.45. The van der Waals surface area contributed by atoms with E-state index in [2.05, 4.69) is 20.9 Å². The van der Waals surface area contributed by atoms with E-state index in [-0.39, 0.29) is 22.0 Å². The van der Waals surface area contributed by atoms with Gasteiger partial charge in [-0.15, -0.1) is 0 Å². The molecule has 0 saturated heterocycles. The van der Waals surface area contributed by atoms with E-state index in [4.69, 9.17) is 10.4 Å². The third-order valence-electron chi connectivity index (χ3n) is 2.09. The molecule has 90 valence electrons. The topological polar surface area (TPSA) is 74.0 Å². The maximum Gasteiger partial charge on any atom is 0.307 e. The van der Waals surface area contributed by atoms with Crippen LogP contribution in [0.1, 0.15) is 28.8 Å². The number of alkyl halides is 3. The summed E-state index contributed by atoms with van der Waals surface area (Å²) in [6.45, 7) is 0. The maximum absolute atomic E-state index is 12.6. The molecule has 1 aromatic rings. The van der Waals surface area contributed by atoms with Gasteiger partial charge in [-0.2, -0.15) is 5.26 Å². The molecule has 0 aliphatic carbocycles. The van der Waals surface area contributed by atoms with E-state index >= 15 is 0 Å². The summed E-state index contributed by atoms with van der Waals surface area (Å²) in [7, 11) is 0. The lowest BCUT2D eigenvalue weighted by molar-refractivity contribution is -0.136. The average molecular weight is 305 g/mol. The summed E-state index contributed by atoms with van der Waals surface area (Å²) >= 11 is 3.00. The molecular weight excluding hydrogens is 298 g/mol. The van der Waals surface area contributed by atoms with Crippen molar-refractivity contribution < 1.29 is 18.7 Å². The number of carboxylic acids is 1. The van der Waals surface area contributed by atoms with Crippen LogP contribution in [0.15, 0.2) is 6.20 Å². The Labute approximate surface area is 104 Å². The highest BCUT2D eigenvalue weighted by Crippen LogP contribution is 2.27. The van der Waals surface area contributed by atoms with Gasteiger partial charge in [-0.1, -0.05) is 15.9 Å². The molecule has 0 aliphatic heterocycles. The van der Waals surface area contributed by atoms with Crippen LogP contribution in [0, 0.1) is 11.3 Å². The van der Waals surface area contributed by atoms with Crippen LogP contribution >= 0.6 is 15.9 Å². The van der Waals surface area contributed by atoms with E-state index in [9.17, 15) is 13.6 Å². The lowest BCUT2D eigenvalue weighted by Crippen LogP contribution is -2.08. The monoisotopic (exact) mass is 304 g/mol. The molecule has 7 heteroatoms. The fourth-order valence-corrected chi connectivity index (χ4v) is 1.94. The molecule has 4 nitrogen and oxygen atoms in total. The molecule has 1 rings (SSSR count). The highest BCUT2D eigenvalue weighted by Gasteiger charge is 2.20. The Balaban J connectivity index is 3.38. The molecule has 0 unspecified atom stereocenters. The Hall–Kier alpha value is -1.55. The molecule has 0 saturated carbocycles. The molecule has 0 aliphatic rings. The number of aliphatic carboxylic acids is 1. The van der Waals surface area contributed by atoms with Crippen LogP contribution in [0.2, 0.25) is 0 Å². The second kappa shape index (κ2) is 5.68. The lowest BCUT2D eigenvalue weighted by atomic mass is 10.0. The first-order valence-corrected chi connectivity index (χ1v) is 5.60. The first-order valence-electron chi connectivity index (χ1n) is 4.47. The van der Waals surface area contributed by atoms with Crippen LogP contribution in [0.25, 0.3) is 0 Å². The van der Waals surface area contributed by atoms with Gasteiger partial charge in [0, 0.05) is 17.1 Å². The number of nitriles is 1. The van der Waals surface area contributed by atoms with Crippen molar-refractivity contribution in [3.05, 3.63) is 28.6 Å². The average Bonchev–Trinajstić information content (AvgIpc) is 2.26. The summed E-state index contributed by atoms with van der Waals surface area (Å²) in [4.78, 5) is 14.1. The van der Waals surface area contributed by atoms with Gasteiger partial charge in [0.1, 0.15) is 5.69 Å². The number of hydrogen-bond donors (Lipinski definition) is 1. The molecular formula is C10H7BrF2N2O2. The van der Waals surface area contributed by atoms with Gasteiger partial charge in [0.05, 0.1) is 18.1 Å². The molecule has 0 spiro atoms. The van der Waals surface area contributed by atoms with Crippen LogP contribution in [-0.4, -0.2) is 16.1 Å². The number of aromatic nitrogens is 1. The maximum atomic E-state index is 12.6. The van der Waals surface area contributed by atoms with Gasteiger partial charge in [0.2, 0.25) is 0 Å². The summed E-state index contributed by atoms with van der Waals surface area (Å²) in [6.07, 6.45) is -2.20. The molecule has 1 heterocycles. The molecule has 0 aromatic carbocycles. The minimum absolute atomic E-state index is 0.0238. The van der Waals surface area contributed by atoms with Crippen LogP contribution < -0.4 is 0 Å². The van der Waals surface area contributed by atoms with Gasteiger partial charge >= 0.3 is 5.97 Å². The molecule has 1 aromatic heterocycles. The second-order valence-electron chi connectivity index (χ2n) is 3.14. The quantitative estimate of drug-likeness (QED) is 0.867. The number of hydrogen-bond acceptors (Lipinski definition) is 3. The summed E-state index contributed by atoms with van der Waals surface area (Å²) in [6, 6.07) is 1.75. The van der Waals surface area contributed by atoms with Crippen molar-refractivity contribution in [1.29, 1.82) is 5.26 Å². The smallest absolute Gasteiger partial charge is 0.307 e. The van der Waals surface area contributed by atoms with Crippen molar-refractivity contribution in [3.63, 3.8) is 0 Å². The Morgan fingerprint density at radius 1 is 1.65 bits per heavy atom. The fourth-order valence-electron chi connectivity index (χ4n) is 1.37. The first-order chi connectivity index (χ1) is 8.01. The van der Waals surface area contributed by atoms with Crippen molar-refractivity contribution >= 4 is 21.9 Å². The van der Waals surface area contributed by atoms with Gasteiger partial charge in [0.25, 0.3) is 6.43 Å². The number of rotatable bonds is 4. The van der Waals surface area contributed by atoms with E-state index in [1.807, 2.05) is 0 Å². The van der Waals surface area contributed by atoms with Gasteiger partial charge in [0.15, 0.2) is 0 Å². The van der Waals surface area contributed by atoms with E-state index < -0.39 is 24.5 Å². The standard InChI is InChI=1S/C10H7BrF2N2O2/c11-2-6-7(3-14)5(1-8(16)17)4-15-9(6)10(12)13/h4,10H,1-2H2,(H,16,17). The second-order valence-corrected chi connectivity index (χ2v) is 3.70. The van der Waals surface area contributed by atoms with Crippen molar-refractivity contribution in [2.24, 2.45) is 0 Å². The van der Waals surface area contributed by atoms with E-state index in [0.29, 0.717) is 0 Å². The van der Waals surface area contributed by atoms with Gasteiger partial charge in [-0.05, 0) is 5.56 Å². The van der Waals surface area contributed by atoms with Crippen LogP contribution in [-0.2, 0) is 16.5 Å². The Bertz CT molecular complexity index is 486. The van der Waals surface area contributed by atoms with Gasteiger partial charge in [-0.25, -0.2) is 8.78 Å². The van der Waals surface area contributed by atoms with Crippen molar-refractivity contribution in [2.75, 3.05) is 0 Å². The molecule has 0 amide bonds. The van der Waals surface area contributed by atoms with E-state index in [1.54, 1.807) is 6.07 Å².